The molecule has 1 unspecified atom stereocenters. The summed E-state index contributed by atoms with van der Waals surface area (Å²) in [5.41, 5.74) is 1.92. The van der Waals surface area contributed by atoms with Gasteiger partial charge in [-0.15, -0.1) is 0 Å². The average molecular weight is 332 g/mol. The van der Waals surface area contributed by atoms with E-state index in [0.717, 1.165) is 49.1 Å². The van der Waals surface area contributed by atoms with Gasteiger partial charge in [0.05, 0.1) is 30.0 Å². The number of hydrogen-bond donors (Lipinski definition) is 1. The van der Waals surface area contributed by atoms with Crippen LogP contribution in [-0.2, 0) is 16.5 Å². The van der Waals surface area contributed by atoms with Crippen molar-refractivity contribution >= 4 is 22.7 Å². The monoisotopic (exact) mass is 332 g/mol. The first-order valence-electron chi connectivity index (χ1n) is 8.54. The quantitative estimate of drug-likeness (QED) is 0.819. The van der Waals surface area contributed by atoms with Crippen molar-refractivity contribution in [1.82, 2.24) is 14.8 Å². The van der Waals surface area contributed by atoms with Gasteiger partial charge in [0.25, 0.3) is 0 Å². The highest BCUT2D eigenvalue weighted by molar-refractivity contribution is 6.04. The van der Waals surface area contributed by atoms with Crippen LogP contribution in [0.1, 0.15) is 43.0 Å². The number of esters is 1. The number of ether oxygens (including phenoxy) is 2. The van der Waals surface area contributed by atoms with E-state index >= 15 is 0 Å². The molecule has 0 bridgehead atoms. The number of carbonyl (C=O) groups is 1. The second kappa shape index (κ2) is 7.61. The Labute approximate surface area is 141 Å². The number of anilines is 1. The van der Waals surface area contributed by atoms with Crippen molar-refractivity contribution in [3.8, 4) is 0 Å². The van der Waals surface area contributed by atoms with Crippen LogP contribution in [0, 0.1) is 0 Å². The predicted octanol–water partition coefficient (Wildman–Crippen LogP) is 2.52. The standard InChI is InChI=1S/C17H24N4O3/c1-3-23-17(22)14-10-19-16-13(11-20-21(16)2)15(14)18-8-7-12-6-4-5-9-24-12/h10-12H,3-9H2,1-2H3,(H,18,19). The normalized spacial score (nSPS) is 17.8. The number of aromatic nitrogens is 3. The predicted molar refractivity (Wildman–Crippen MR) is 91.2 cm³/mol. The first-order valence-corrected chi connectivity index (χ1v) is 8.54. The largest absolute Gasteiger partial charge is 0.462 e. The van der Waals surface area contributed by atoms with Crippen LogP contribution in [0.25, 0.3) is 11.0 Å². The van der Waals surface area contributed by atoms with Gasteiger partial charge in [0.15, 0.2) is 5.65 Å². The number of fused-ring (bicyclic) bond motifs is 1. The maximum atomic E-state index is 12.2. The van der Waals surface area contributed by atoms with Crippen LogP contribution < -0.4 is 5.32 Å². The molecular formula is C17H24N4O3. The Morgan fingerprint density at radius 2 is 2.33 bits per heavy atom. The van der Waals surface area contributed by atoms with Crippen LogP contribution in [0.4, 0.5) is 5.69 Å². The fraction of sp³-hybridized carbons (Fsp3) is 0.588. The van der Waals surface area contributed by atoms with Gasteiger partial charge in [0.1, 0.15) is 5.56 Å². The molecule has 1 saturated heterocycles. The van der Waals surface area contributed by atoms with Crippen molar-refractivity contribution in [3.63, 3.8) is 0 Å². The Balaban J connectivity index is 1.79. The highest BCUT2D eigenvalue weighted by Crippen LogP contribution is 2.26. The number of carbonyl (C=O) groups excluding carboxylic acids is 1. The van der Waals surface area contributed by atoms with Crippen molar-refractivity contribution in [1.29, 1.82) is 0 Å². The van der Waals surface area contributed by atoms with E-state index in [2.05, 4.69) is 15.4 Å². The van der Waals surface area contributed by atoms with Gasteiger partial charge >= 0.3 is 5.97 Å². The summed E-state index contributed by atoms with van der Waals surface area (Å²) in [4.78, 5) is 16.6. The molecule has 1 N–H and O–H groups in total. The summed E-state index contributed by atoms with van der Waals surface area (Å²) in [5, 5.41) is 8.45. The third kappa shape index (κ3) is 3.51. The molecule has 0 saturated carbocycles. The molecule has 1 aliphatic rings. The van der Waals surface area contributed by atoms with E-state index < -0.39 is 0 Å². The molecule has 0 amide bonds. The van der Waals surface area contributed by atoms with Gasteiger partial charge in [-0.25, -0.2) is 9.78 Å². The lowest BCUT2D eigenvalue weighted by Gasteiger charge is -2.23. The Kier molecular flexibility index (Phi) is 5.30. The summed E-state index contributed by atoms with van der Waals surface area (Å²) in [6, 6.07) is 0. The fourth-order valence-electron chi connectivity index (χ4n) is 3.04. The van der Waals surface area contributed by atoms with Gasteiger partial charge in [0, 0.05) is 26.4 Å². The summed E-state index contributed by atoms with van der Waals surface area (Å²) in [5.74, 6) is -0.368. The van der Waals surface area contributed by atoms with E-state index in [9.17, 15) is 4.79 Å². The molecule has 1 atom stereocenters. The molecule has 7 heteroatoms. The molecule has 2 aromatic rings. The number of nitrogens with zero attached hydrogens (tertiary/aromatic N) is 3. The van der Waals surface area contributed by atoms with Crippen LogP contribution >= 0.6 is 0 Å². The van der Waals surface area contributed by atoms with Crippen molar-refractivity contribution in [2.75, 3.05) is 25.1 Å². The average Bonchev–Trinajstić information content (AvgIpc) is 2.98. The second-order valence-electron chi connectivity index (χ2n) is 5.98. The van der Waals surface area contributed by atoms with Crippen molar-refractivity contribution in [2.24, 2.45) is 7.05 Å². The molecule has 0 aliphatic carbocycles. The van der Waals surface area contributed by atoms with Crippen molar-refractivity contribution < 1.29 is 14.3 Å². The molecule has 1 fully saturated rings. The molecule has 0 aromatic carbocycles. The zero-order valence-corrected chi connectivity index (χ0v) is 14.2. The summed E-state index contributed by atoms with van der Waals surface area (Å²) in [6.07, 6.45) is 7.96. The summed E-state index contributed by atoms with van der Waals surface area (Å²) >= 11 is 0. The van der Waals surface area contributed by atoms with Gasteiger partial charge in [-0.1, -0.05) is 0 Å². The summed E-state index contributed by atoms with van der Waals surface area (Å²) in [7, 11) is 1.83. The fourth-order valence-corrected chi connectivity index (χ4v) is 3.04. The molecule has 3 heterocycles. The molecule has 24 heavy (non-hydrogen) atoms. The topological polar surface area (TPSA) is 78.3 Å². The molecule has 0 radical (unpaired) electrons. The number of rotatable bonds is 6. The second-order valence-corrected chi connectivity index (χ2v) is 5.98. The van der Waals surface area contributed by atoms with Gasteiger partial charge < -0.3 is 14.8 Å². The summed E-state index contributed by atoms with van der Waals surface area (Å²) in [6.45, 7) is 3.70. The molecule has 2 aromatic heterocycles. The highest BCUT2D eigenvalue weighted by Gasteiger charge is 2.19. The first-order chi connectivity index (χ1) is 11.7. The lowest BCUT2D eigenvalue weighted by atomic mass is 10.1. The Hall–Kier alpha value is -2.15. The highest BCUT2D eigenvalue weighted by atomic mass is 16.5. The molecule has 130 valence electrons. The van der Waals surface area contributed by atoms with E-state index in [1.165, 1.54) is 6.42 Å². The maximum absolute atomic E-state index is 12.2. The van der Waals surface area contributed by atoms with Crippen LogP contribution in [-0.4, -0.2) is 46.6 Å². The lowest BCUT2D eigenvalue weighted by Crippen LogP contribution is -2.22. The first kappa shape index (κ1) is 16.7. The number of pyridine rings is 1. The Morgan fingerprint density at radius 3 is 3.08 bits per heavy atom. The zero-order valence-electron chi connectivity index (χ0n) is 14.2. The third-order valence-electron chi connectivity index (χ3n) is 4.30. The minimum Gasteiger partial charge on any atom is -0.462 e. The van der Waals surface area contributed by atoms with Crippen LogP contribution in [0.5, 0.6) is 0 Å². The molecule has 0 spiro atoms. The van der Waals surface area contributed by atoms with E-state index in [4.69, 9.17) is 9.47 Å². The van der Waals surface area contributed by atoms with E-state index in [0.29, 0.717) is 18.3 Å². The number of nitrogens with one attached hydrogen (secondary N) is 1. The Bertz CT molecular complexity index is 707. The minimum atomic E-state index is -0.368. The SMILES string of the molecule is CCOC(=O)c1cnc2c(cnn2C)c1NCCC1CCCCO1. The smallest absolute Gasteiger partial charge is 0.341 e. The molecule has 1 aliphatic heterocycles. The van der Waals surface area contributed by atoms with E-state index in [-0.39, 0.29) is 5.97 Å². The van der Waals surface area contributed by atoms with Gasteiger partial charge in [0.2, 0.25) is 0 Å². The van der Waals surface area contributed by atoms with Crippen LogP contribution in [0.15, 0.2) is 12.4 Å². The lowest BCUT2D eigenvalue weighted by molar-refractivity contribution is 0.0134. The van der Waals surface area contributed by atoms with Crippen molar-refractivity contribution in [2.45, 2.75) is 38.7 Å². The van der Waals surface area contributed by atoms with Gasteiger partial charge in [-0.2, -0.15) is 5.10 Å². The van der Waals surface area contributed by atoms with Gasteiger partial charge in [-0.05, 0) is 32.6 Å². The zero-order chi connectivity index (χ0) is 16.9. The minimum absolute atomic E-state index is 0.295. The number of hydrogen-bond acceptors (Lipinski definition) is 6. The van der Waals surface area contributed by atoms with E-state index in [1.54, 1.807) is 24.0 Å². The van der Waals surface area contributed by atoms with Crippen molar-refractivity contribution in [3.05, 3.63) is 18.0 Å². The van der Waals surface area contributed by atoms with Crippen LogP contribution in [0.3, 0.4) is 0 Å². The molecule has 7 nitrogen and oxygen atoms in total. The molecular weight excluding hydrogens is 308 g/mol. The third-order valence-corrected chi connectivity index (χ3v) is 4.30. The van der Waals surface area contributed by atoms with Gasteiger partial charge in [-0.3, -0.25) is 4.68 Å². The van der Waals surface area contributed by atoms with Crippen LogP contribution in [0.2, 0.25) is 0 Å². The molecule has 3 rings (SSSR count). The maximum Gasteiger partial charge on any atom is 0.341 e. The Morgan fingerprint density at radius 1 is 1.46 bits per heavy atom. The van der Waals surface area contributed by atoms with E-state index in [1.807, 2.05) is 7.05 Å². The number of aryl methyl sites for hydroxylation is 1. The summed E-state index contributed by atoms with van der Waals surface area (Å²) < 4.78 is 12.6.